The molecule has 0 bridgehead atoms. The van der Waals surface area contributed by atoms with Crippen LogP contribution in [-0.2, 0) is 14.3 Å². The van der Waals surface area contributed by atoms with Crippen molar-refractivity contribution in [2.24, 2.45) is 5.73 Å². The number of nitrogens with two attached hydrogens (primary N) is 1. The van der Waals surface area contributed by atoms with Crippen LogP contribution in [-0.4, -0.2) is 54.9 Å². The average molecular weight is 392 g/mol. The number of benzene rings is 1. The molecule has 0 amide bonds. The van der Waals surface area contributed by atoms with Gasteiger partial charge in [0.25, 0.3) is 0 Å². The maximum absolute atomic E-state index is 11.1. The van der Waals surface area contributed by atoms with Gasteiger partial charge < -0.3 is 20.1 Å². The molecule has 3 rings (SSSR count). The third-order valence-corrected chi connectivity index (χ3v) is 4.28. The molecule has 27 heavy (non-hydrogen) atoms. The van der Waals surface area contributed by atoms with Gasteiger partial charge in [-0.05, 0) is 18.6 Å². The first-order chi connectivity index (χ1) is 12.6. The molecule has 2 heterocycles. The largest absolute Gasteiger partial charge is 0.467 e. The van der Waals surface area contributed by atoms with Gasteiger partial charge in [-0.15, -0.1) is 22.6 Å². The Kier molecular flexibility index (Phi) is 7.09. The third kappa shape index (κ3) is 5.15. The Morgan fingerprint density at radius 1 is 1.26 bits per heavy atom. The number of amidine groups is 1. The molecule has 1 atom stereocenters. The van der Waals surface area contributed by atoms with Gasteiger partial charge in [-0.25, -0.2) is 4.79 Å². The summed E-state index contributed by atoms with van der Waals surface area (Å²) in [7, 11) is 1.34. The normalized spacial score (nSPS) is 15.9. The van der Waals surface area contributed by atoms with Crippen molar-refractivity contribution in [2.75, 3.05) is 31.7 Å². The summed E-state index contributed by atoms with van der Waals surface area (Å²) in [5.74, 6) is 0.442. The van der Waals surface area contributed by atoms with Crippen molar-refractivity contribution < 1.29 is 14.3 Å². The number of carbonyl (C=O) groups is 1. The molecule has 1 aromatic heterocycles. The van der Waals surface area contributed by atoms with Crippen LogP contribution in [0.25, 0.3) is 11.3 Å². The molecule has 2 aromatic rings. The molecule has 1 fully saturated rings. The highest BCUT2D eigenvalue weighted by Crippen LogP contribution is 2.22. The lowest BCUT2D eigenvalue weighted by Crippen LogP contribution is -2.25. The number of halogens is 1. The summed E-state index contributed by atoms with van der Waals surface area (Å²) in [6.45, 7) is 1.43. The quantitative estimate of drug-likeness (QED) is 0.436. The van der Waals surface area contributed by atoms with E-state index in [2.05, 4.69) is 19.8 Å². The minimum atomic E-state index is -0.372. The van der Waals surface area contributed by atoms with Gasteiger partial charge in [0.2, 0.25) is 0 Å². The molecule has 3 N–H and O–H groups in total. The first kappa shape index (κ1) is 20.6. The van der Waals surface area contributed by atoms with Crippen molar-refractivity contribution in [3.05, 3.63) is 42.0 Å². The van der Waals surface area contributed by atoms with Gasteiger partial charge in [0.15, 0.2) is 5.82 Å². The van der Waals surface area contributed by atoms with Gasteiger partial charge in [0.1, 0.15) is 12.4 Å². The van der Waals surface area contributed by atoms with Gasteiger partial charge in [-0.1, -0.05) is 24.3 Å². The molecule has 1 aliphatic heterocycles. The number of nitrogens with zero attached hydrogens (tertiary/aromatic N) is 3. The maximum Gasteiger partial charge on any atom is 0.331 e. The monoisotopic (exact) mass is 391 g/mol. The average Bonchev–Trinajstić information content (AvgIpc) is 3.15. The van der Waals surface area contributed by atoms with Crippen molar-refractivity contribution in [2.45, 2.75) is 12.5 Å². The number of ether oxygens (including phenoxy) is 2. The lowest BCUT2D eigenvalue weighted by Gasteiger charge is -2.17. The lowest BCUT2D eigenvalue weighted by molar-refractivity contribution is -0.147. The highest BCUT2D eigenvalue weighted by atomic mass is 35.5. The number of esters is 1. The lowest BCUT2D eigenvalue weighted by atomic mass is 10.1. The topological polar surface area (TPSA) is 114 Å². The Morgan fingerprint density at radius 3 is 2.59 bits per heavy atom. The minimum absolute atomic E-state index is 0. The smallest absolute Gasteiger partial charge is 0.331 e. The zero-order valence-corrected chi connectivity index (χ0v) is 15.7. The summed E-state index contributed by atoms with van der Waals surface area (Å²) >= 11 is 0. The van der Waals surface area contributed by atoms with Crippen molar-refractivity contribution in [1.82, 2.24) is 10.2 Å². The Balaban J connectivity index is 0.00000261. The Labute approximate surface area is 163 Å². The number of aromatic nitrogens is 2. The highest BCUT2D eigenvalue weighted by molar-refractivity contribution is 5.95. The van der Waals surface area contributed by atoms with E-state index in [1.165, 1.54) is 7.11 Å². The molecular weight excluding hydrogens is 370 g/mol. The fourth-order valence-electron chi connectivity index (χ4n) is 2.79. The van der Waals surface area contributed by atoms with Crippen LogP contribution in [0.15, 0.2) is 36.4 Å². The molecule has 1 aromatic carbocycles. The summed E-state index contributed by atoms with van der Waals surface area (Å²) in [5.41, 5.74) is 7.80. The SMILES string of the molecule is COC(=O)COC1CCN(c2ccc(-c3ccc(C(=N)N)cc3)nn2)C1.Cl. The van der Waals surface area contributed by atoms with E-state index < -0.39 is 0 Å². The van der Waals surface area contributed by atoms with Gasteiger partial charge in [-0.3, -0.25) is 5.41 Å². The minimum Gasteiger partial charge on any atom is -0.467 e. The van der Waals surface area contributed by atoms with Gasteiger partial charge >= 0.3 is 5.97 Å². The molecule has 0 radical (unpaired) electrons. The van der Waals surface area contributed by atoms with Crippen LogP contribution >= 0.6 is 12.4 Å². The maximum atomic E-state index is 11.1. The molecule has 0 spiro atoms. The van der Waals surface area contributed by atoms with Crippen LogP contribution in [0, 0.1) is 5.41 Å². The van der Waals surface area contributed by atoms with Crippen LogP contribution in [0.3, 0.4) is 0 Å². The molecule has 1 aliphatic rings. The second kappa shape index (κ2) is 9.29. The van der Waals surface area contributed by atoms with Crippen LogP contribution < -0.4 is 10.6 Å². The molecule has 8 nitrogen and oxygen atoms in total. The number of nitrogens with one attached hydrogen (secondary N) is 1. The van der Waals surface area contributed by atoms with Crippen LogP contribution in [0.2, 0.25) is 0 Å². The van der Waals surface area contributed by atoms with Crippen molar-refractivity contribution in [3.63, 3.8) is 0 Å². The number of methoxy groups -OCH3 is 1. The summed E-state index contributed by atoms with van der Waals surface area (Å²) in [5, 5.41) is 16.0. The summed E-state index contributed by atoms with van der Waals surface area (Å²) in [4.78, 5) is 13.2. The van der Waals surface area contributed by atoms with E-state index in [-0.39, 0.29) is 36.9 Å². The van der Waals surface area contributed by atoms with Crippen LogP contribution in [0.4, 0.5) is 5.82 Å². The number of nitrogen functional groups attached to an aromatic ring is 1. The molecular formula is C18H22ClN5O3. The molecule has 1 saturated heterocycles. The number of hydrogen-bond acceptors (Lipinski definition) is 7. The third-order valence-electron chi connectivity index (χ3n) is 4.28. The van der Waals surface area contributed by atoms with Crippen LogP contribution in [0.5, 0.6) is 0 Å². The fourth-order valence-corrected chi connectivity index (χ4v) is 2.79. The standard InChI is InChI=1S/C18H21N5O3.ClH/c1-25-17(24)11-26-14-8-9-23(10-14)16-7-6-15(21-22-16)12-2-4-13(5-3-12)18(19)20;/h2-7,14H,8-11H2,1H3,(H3,19,20);1H. The molecule has 9 heteroatoms. The van der Waals surface area contributed by atoms with E-state index >= 15 is 0 Å². The second-order valence-electron chi connectivity index (χ2n) is 6.01. The zero-order valence-electron chi connectivity index (χ0n) is 14.9. The number of rotatable bonds is 6. The number of anilines is 1. The predicted molar refractivity (Wildman–Crippen MR) is 104 cm³/mol. The first-order valence-corrected chi connectivity index (χ1v) is 8.28. The predicted octanol–water partition coefficient (Wildman–Crippen LogP) is 1.62. The summed E-state index contributed by atoms with van der Waals surface area (Å²) < 4.78 is 10.1. The number of carbonyl (C=O) groups excluding carboxylic acids is 1. The van der Waals surface area contributed by atoms with Crippen LogP contribution in [0.1, 0.15) is 12.0 Å². The van der Waals surface area contributed by atoms with E-state index in [9.17, 15) is 4.79 Å². The van der Waals surface area contributed by atoms with Gasteiger partial charge in [-0.2, -0.15) is 0 Å². The van der Waals surface area contributed by atoms with E-state index in [1.54, 1.807) is 12.1 Å². The van der Waals surface area contributed by atoms with E-state index in [4.69, 9.17) is 15.9 Å². The fraction of sp³-hybridized carbons (Fsp3) is 0.333. The molecule has 144 valence electrons. The Morgan fingerprint density at radius 2 is 2.00 bits per heavy atom. The zero-order chi connectivity index (χ0) is 18.5. The highest BCUT2D eigenvalue weighted by Gasteiger charge is 2.25. The van der Waals surface area contributed by atoms with Crippen molar-refractivity contribution in [1.29, 1.82) is 5.41 Å². The van der Waals surface area contributed by atoms with Gasteiger partial charge in [0, 0.05) is 24.2 Å². The molecule has 0 saturated carbocycles. The Hall–Kier alpha value is -2.71. The van der Waals surface area contributed by atoms with E-state index in [1.807, 2.05) is 24.3 Å². The van der Waals surface area contributed by atoms with E-state index in [0.717, 1.165) is 30.0 Å². The van der Waals surface area contributed by atoms with Crippen molar-refractivity contribution >= 4 is 30.0 Å². The second-order valence-corrected chi connectivity index (χ2v) is 6.01. The Bertz CT molecular complexity index is 783. The summed E-state index contributed by atoms with van der Waals surface area (Å²) in [6.07, 6.45) is 0.808. The number of hydrogen-bond donors (Lipinski definition) is 2. The molecule has 0 aliphatic carbocycles. The molecule has 1 unspecified atom stereocenters. The van der Waals surface area contributed by atoms with E-state index in [0.29, 0.717) is 12.1 Å². The van der Waals surface area contributed by atoms with Gasteiger partial charge in [0.05, 0.1) is 18.9 Å². The summed E-state index contributed by atoms with van der Waals surface area (Å²) in [6, 6.07) is 11.1. The first-order valence-electron chi connectivity index (χ1n) is 8.28. The van der Waals surface area contributed by atoms with Crippen molar-refractivity contribution in [3.8, 4) is 11.3 Å².